The van der Waals surface area contributed by atoms with Gasteiger partial charge in [0.1, 0.15) is 17.0 Å². The topological polar surface area (TPSA) is 46.1 Å². The van der Waals surface area contributed by atoms with Crippen molar-refractivity contribution in [3.8, 4) is 0 Å². The van der Waals surface area contributed by atoms with E-state index in [0.29, 0.717) is 18.7 Å². The van der Waals surface area contributed by atoms with E-state index in [-0.39, 0.29) is 0 Å². The SMILES string of the molecule is Cc1sc2ncnc(N3CCCC(=O)C3)c2c1C. The zero-order chi connectivity index (χ0) is 12.7. The Kier molecular flexibility index (Phi) is 2.78. The van der Waals surface area contributed by atoms with Gasteiger partial charge in [0.25, 0.3) is 0 Å². The van der Waals surface area contributed by atoms with Crippen LogP contribution in [0, 0.1) is 13.8 Å². The molecule has 2 aromatic rings. The van der Waals surface area contributed by atoms with E-state index >= 15 is 0 Å². The number of Topliss-reactive ketones (excluding diaryl/α,β-unsaturated/α-hetero) is 1. The van der Waals surface area contributed by atoms with Crippen LogP contribution < -0.4 is 4.90 Å². The van der Waals surface area contributed by atoms with Crippen molar-refractivity contribution in [1.29, 1.82) is 0 Å². The number of rotatable bonds is 1. The van der Waals surface area contributed by atoms with Crippen LogP contribution in [-0.4, -0.2) is 28.8 Å². The first-order valence-corrected chi connectivity index (χ1v) is 6.96. The lowest BCUT2D eigenvalue weighted by Gasteiger charge is -2.27. The van der Waals surface area contributed by atoms with E-state index < -0.39 is 0 Å². The summed E-state index contributed by atoms with van der Waals surface area (Å²) >= 11 is 1.70. The molecule has 2 aromatic heterocycles. The van der Waals surface area contributed by atoms with Crippen LogP contribution in [0.25, 0.3) is 10.2 Å². The summed E-state index contributed by atoms with van der Waals surface area (Å²) in [5.41, 5.74) is 1.24. The fourth-order valence-corrected chi connectivity index (χ4v) is 3.41. The molecule has 94 valence electrons. The summed E-state index contributed by atoms with van der Waals surface area (Å²) in [6.07, 6.45) is 3.23. The van der Waals surface area contributed by atoms with E-state index in [1.54, 1.807) is 17.7 Å². The Labute approximate surface area is 110 Å². The van der Waals surface area contributed by atoms with E-state index in [1.807, 2.05) is 0 Å². The highest BCUT2D eigenvalue weighted by molar-refractivity contribution is 7.18. The summed E-state index contributed by atoms with van der Waals surface area (Å²) in [5.74, 6) is 1.23. The van der Waals surface area contributed by atoms with E-state index in [1.165, 1.54) is 10.4 Å². The molecule has 1 aliphatic heterocycles. The number of fused-ring (bicyclic) bond motifs is 1. The van der Waals surface area contributed by atoms with Crippen LogP contribution in [-0.2, 0) is 4.79 Å². The number of aryl methyl sites for hydroxylation is 2. The number of anilines is 1. The Morgan fingerprint density at radius 2 is 2.17 bits per heavy atom. The Bertz CT molecular complexity index is 620. The van der Waals surface area contributed by atoms with Crippen molar-refractivity contribution < 1.29 is 4.79 Å². The zero-order valence-corrected chi connectivity index (χ0v) is 11.4. The normalized spacial score (nSPS) is 16.6. The molecule has 0 aliphatic carbocycles. The molecule has 5 heteroatoms. The number of nitrogens with zero attached hydrogens (tertiary/aromatic N) is 3. The fourth-order valence-electron chi connectivity index (χ4n) is 2.42. The van der Waals surface area contributed by atoms with Gasteiger partial charge in [-0.1, -0.05) is 0 Å². The van der Waals surface area contributed by atoms with Crippen LogP contribution >= 0.6 is 11.3 Å². The van der Waals surface area contributed by atoms with Gasteiger partial charge in [-0.05, 0) is 25.8 Å². The van der Waals surface area contributed by atoms with Crippen LogP contribution in [0.5, 0.6) is 0 Å². The average Bonchev–Trinajstić information content (AvgIpc) is 2.65. The Balaban J connectivity index is 2.13. The third kappa shape index (κ3) is 1.79. The largest absolute Gasteiger partial charge is 0.349 e. The summed E-state index contributed by atoms with van der Waals surface area (Å²) in [6.45, 7) is 5.60. The fraction of sp³-hybridized carbons (Fsp3) is 0.462. The van der Waals surface area contributed by atoms with Gasteiger partial charge in [0.05, 0.1) is 11.9 Å². The third-order valence-electron chi connectivity index (χ3n) is 3.50. The molecule has 0 amide bonds. The number of carbonyl (C=O) groups excluding carboxylic acids is 1. The third-order valence-corrected chi connectivity index (χ3v) is 4.61. The number of carbonyl (C=O) groups is 1. The second kappa shape index (κ2) is 4.31. The van der Waals surface area contributed by atoms with E-state index in [2.05, 4.69) is 28.7 Å². The molecular formula is C13H15N3OS. The van der Waals surface area contributed by atoms with Gasteiger partial charge >= 0.3 is 0 Å². The Hall–Kier alpha value is -1.49. The number of hydrogen-bond acceptors (Lipinski definition) is 5. The lowest BCUT2D eigenvalue weighted by Crippen LogP contribution is -2.36. The highest BCUT2D eigenvalue weighted by Gasteiger charge is 2.22. The summed E-state index contributed by atoms with van der Waals surface area (Å²) < 4.78 is 0. The first-order chi connectivity index (χ1) is 8.66. The average molecular weight is 261 g/mol. The molecule has 4 nitrogen and oxygen atoms in total. The van der Waals surface area contributed by atoms with E-state index in [9.17, 15) is 4.79 Å². The highest BCUT2D eigenvalue weighted by Crippen LogP contribution is 2.34. The van der Waals surface area contributed by atoms with Gasteiger partial charge in [-0.2, -0.15) is 0 Å². The minimum Gasteiger partial charge on any atom is -0.349 e. The van der Waals surface area contributed by atoms with E-state index in [0.717, 1.165) is 29.0 Å². The van der Waals surface area contributed by atoms with Crippen molar-refractivity contribution in [3.05, 3.63) is 16.8 Å². The maximum absolute atomic E-state index is 11.6. The van der Waals surface area contributed by atoms with Gasteiger partial charge in [0.15, 0.2) is 5.78 Å². The molecule has 0 N–H and O–H groups in total. The van der Waals surface area contributed by atoms with Gasteiger partial charge in [0.2, 0.25) is 0 Å². The number of hydrogen-bond donors (Lipinski definition) is 0. The van der Waals surface area contributed by atoms with Gasteiger partial charge in [-0.3, -0.25) is 4.79 Å². The van der Waals surface area contributed by atoms with Gasteiger partial charge in [-0.15, -0.1) is 11.3 Å². The van der Waals surface area contributed by atoms with Crippen molar-refractivity contribution in [3.63, 3.8) is 0 Å². The smallest absolute Gasteiger partial charge is 0.152 e. The van der Waals surface area contributed by atoms with Gasteiger partial charge < -0.3 is 4.90 Å². The molecule has 1 fully saturated rings. The molecule has 0 spiro atoms. The van der Waals surface area contributed by atoms with Crippen LogP contribution in [0.15, 0.2) is 6.33 Å². The molecule has 0 unspecified atom stereocenters. The van der Waals surface area contributed by atoms with Crippen molar-refractivity contribution in [2.75, 3.05) is 18.0 Å². The molecule has 0 radical (unpaired) electrons. The molecule has 3 heterocycles. The second-order valence-corrected chi connectivity index (χ2v) is 5.93. The lowest BCUT2D eigenvalue weighted by molar-refractivity contribution is -0.118. The molecule has 0 aromatic carbocycles. The molecule has 0 bridgehead atoms. The number of ketones is 1. The van der Waals surface area contributed by atoms with Crippen LogP contribution in [0.1, 0.15) is 23.3 Å². The first-order valence-electron chi connectivity index (χ1n) is 6.14. The molecular weight excluding hydrogens is 246 g/mol. The monoisotopic (exact) mass is 261 g/mol. The summed E-state index contributed by atoms with van der Waals surface area (Å²) in [7, 11) is 0. The van der Waals surface area contributed by atoms with E-state index in [4.69, 9.17) is 0 Å². The molecule has 3 rings (SSSR count). The molecule has 0 saturated carbocycles. The second-order valence-electron chi connectivity index (χ2n) is 4.72. The summed E-state index contributed by atoms with van der Waals surface area (Å²) in [6, 6.07) is 0. The Morgan fingerprint density at radius 1 is 1.33 bits per heavy atom. The van der Waals surface area contributed by atoms with Gasteiger partial charge in [-0.25, -0.2) is 9.97 Å². The van der Waals surface area contributed by atoms with Crippen molar-refractivity contribution in [1.82, 2.24) is 9.97 Å². The van der Waals surface area contributed by atoms with Crippen molar-refractivity contribution in [2.45, 2.75) is 26.7 Å². The minimum atomic E-state index is 0.303. The predicted molar refractivity (Wildman–Crippen MR) is 73.3 cm³/mol. The van der Waals surface area contributed by atoms with Crippen LogP contribution in [0.2, 0.25) is 0 Å². The minimum absolute atomic E-state index is 0.303. The lowest BCUT2D eigenvalue weighted by atomic mass is 10.1. The van der Waals surface area contributed by atoms with Crippen molar-refractivity contribution in [2.24, 2.45) is 0 Å². The molecule has 1 aliphatic rings. The summed E-state index contributed by atoms with van der Waals surface area (Å²) in [4.78, 5) is 24.7. The quantitative estimate of drug-likeness (QED) is 0.791. The maximum Gasteiger partial charge on any atom is 0.152 e. The Morgan fingerprint density at radius 3 is 2.94 bits per heavy atom. The predicted octanol–water partition coefficient (Wildman–Crippen LogP) is 2.48. The first kappa shape index (κ1) is 11.6. The standard InChI is InChI=1S/C13H15N3OS/c1-8-9(2)18-13-11(8)12(14-7-15-13)16-5-3-4-10(17)6-16/h7H,3-6H2,1-2H3. The van der Waals surface area contributed by atoms with Gasteiger partial charge in [0, 0.05) is 17.8 Å². The number of aromatic nitrogens is 2. The molecule has 18 heavy (non-hydrogen) atoms. The number of piperidine rings is 1. The maximum atomic E-state index is 11.6. The number of thiophene rings is 1. The molecule has 0 atom stereocenters. The summed E-state index contributed by atoms with van der Waals surface area (Å²) in [5, 5.41) is 1.12. The van der Waals surface area contributed by atoms with Crippen molar-refractivity contribution >= 4 is 33.2 Å². The van der Waals surface area contributed by atoms with Crippen LogP contribution in [0.3, 0.4) is 0 Å². The zero-order valence-electron chi connectivity index (χ0n) is 10.6. The molecule has 1 saturated heterocycles. The van der Waals surface area contributed by atoms with Crippen LogP contribution in [0.4, 0.5) is 5.82 Å². The highest BCUT2D eigenvalue weighted by atomic mass is 32.1.